The Bertz CT molecular complexity index is 786. The summed E-state index contributed by atoms with van der Waals surface area (Å²) in [5.41, 5.74) is 2.28. The Labute approximate surface area is 147 Å². The van der Waals surface area contributed by atoms with Crippen LogP contribution in [0.4, 0.5) is 4.39 Å². The number of aromatic nitrogens is 1. The second-order valence-corrected chi connectivity index (χ2v) is 7.37. The van der Waals surface area contributed by atoms with E-state index in [1.165, 1.54) is 12.8 Å². The normalized spacial score (nSPS) is 26.3. The van der Waals surface area contributed by atoms with Crippen LogP contribution in [0.1, 0.15) is 41.7 Å². The van der Waals surface area contributed by atoms with Gasteiger partial charge in [0.25, 0.3) is 0 Å². The summed E-state index contributed by atoms with van der Waals surface area (Å²) in [6, 6.07) is 8.75. The van der Waals surface area contributed by atoms with Crippen molar-refractivity contribution in [1.82, 2.24) is 9.47 Å². The number of benzene rings is 1. The molecule has 5 heteroatoms. The number of nitrogens with zero attached hydrogens (tertiary/aromatic N) is 2. The van der Waals surface area contributed by atoms with E-state index in [1.807, 2.05) is 35.8 Å². The standard InChI is InChI=1S/C20H25FN2O2/c1-13-19(17-5-3-4-6-18(17)23(13)10-9-21)20(24)25-16-11-14-7-8-15(12-16)22(14)2/h3-6,14-16H,7-12H2,1-2H3/t14-,15+,16+. The molecular formula is C20H25FN2O2. The monoisotopic (exact) mass is 344 g/mol. The summed E-state index contributed by atoms with van der Waals surface area (Å²) in [4.78, 5) is 15.4. The zero-order chi connectivity index (χ0) is 17.6. The molecule has 2 saturated heterocycles. The molecule has 1 aromatic heterocycles. The van der Waals surface area contributed by atoms with Crippen LogP contribution >= 0.6 is 0 Å². The van der Waals surface area contributed by atoms with Gasteiger partial charge in [-0.05, 0) is 32.9 Å². The van der Waals surface area contributed by atoms with Crippen LogP contribution in [0, 0.1) is 6.92 Å². The number of hydrogen-bond acceptors (Lipinski definition) is 3. The molecule has 4 rings (SSSR count). The highest BCUT2D eigenvalue weighted by Crippen LogP contribution is 2.36. The van der Waals surface area contributed by atoms with Gasteiger partial charge in [0.1, 0.15) is 12.8 Å². The molecule has 2 aliphatic rings. The lowest BCUT2D eigenvalue weighted by atomic mass is 10.0. The van der Waals surface area contributed by atoms with Crippen molar-refractivity contribution in [3.05, 3.63) is 35.5 Å². The third-order valence-electron chi connectivity index (χ3n) is 6.07. The third kappa shape index (κ3) is 2.74. The molecule has 4 nitrogen and oxygen atoms in total. The van der Waals surface area contributed by atoms with Crippen LogP contribution in [0.25, 0.3) is 10.9 Å². The lowest BCUT2D eigenvalue weighted by Crippen LogP contribution is -2.43. The quantitative estimate of drug-likeness (QED) is 0.793. The van der Waals surface area contributed by atoms with Gasteiger partial charge in [-0.25, -0.2) is 9.18 Å². The number of piperidine rings is 1. The number of carbonyl (C=O) groups is 1. The van der Waals surface area contributed by atoms with Gasteiger partial charge in [0.2, 0.25) is 0 Å². The maximum absolute atomic E-state index is 13.0. The fraction of sp³-hybridized carbons (Fsp3) is 0.550. The zero-order valence-corrected chi connectivity index (χ0v) is 14.9. The van der Waals surface area contributed by atoms with Crippen molar-refractivity contribution in [2.24, 2.45) is 0 Å². The Morgan fingerprint density at radius 3 is 2.60 bits per heavy atom. The minimum absolute atomic E-state index is 0.0103. The Balaban J connectivity index is 1.61. The van der Waals surface area contributed by atoms with Crippen molar-refractivity contribution in [2.75, 3.05) is 13.7 Å². The molecule has 0 spiro atoms. The topological polar surface area (TPSA) is 34.5 Å². The molecule has 0 saturated carbocycles. The smallest absolute Gasteiger partial charge is 0.340 e. The SMILES string of the molecule is Cc1c(C(=O)O[C@H]2C[C@H]3CC[C@@H](C2)N3C)c2ccccc2n1CCF. The average molecular weight is 344 g/mol. The molecule has 25 heavy (non-hydrogen) atoms. The lowest BCUT2D eigenvalue weighted by Gasteiger charge is -2.35. The number of hydrogen-bond donors (Lipinski definition) is 0. The van der Waals surface area contributed by atoms with Crippen molar-refractivity contribution in [2.45, 2.75) is 57.3 Å². The summed E-state index contributed by atoms with van der Waals surface area (Å²) < 4.78 is 20.8. The van der Waals surface area contributed by atoms with Gasteiger partial charge in [-0.15, -0.1) is 0 Å². The third-order valence-corrected chi connectivity index (χ3v) is 6.07. The number of ether oxygens (including phenoxy) is 1. The van der Waals surface area contributed by atoms with Crippen LogP contribution in [-0.2, 0) is 11.3 Å². The molecule has 0 amide bonds. The van der Waals surface area contributed by atoms with Gasteiger partial charge in [-0.2, -0.15) is 0 Å². The molecule has 2 bridgehead atoms. The average Bonchev–Trinajstić information content (AvgIpc) is 2.97. The van der Waals surface area contributed by atoms with Crippen molar-refractivity contribution in [3.63, 3.8) is 0 Å². The number of fused-ring (bicyclic) bond motifs is 3. The number of carbonyl (C=O) groups excluding carboxylic acids is 1. The largest absolute Gasteiger partial charge is 0.459 e. The summed E-state index contributed by atoms with van der Waals surface area (Å²) in [5.74, 6) is -0.264. The maximum atomic E-state index is 13.0. The van der Waals surface area contributed by atoms with Gasteiger partial charge in [0.15, 0.2) is 0 Å². The van der Waals surface area contributed by atoms with Crippen LogP contribution in [-0.4, -0.2) is 47.3 Å². The van der Waals surface area contributed by atoms with E-state index in [-0.39, 0.29) is 18.6 Å². The van der Waals surface area contributed by atoms with Gasteiger partial charge < -0.3 is 14.2 Å². The van der Waals surface area contributed by atoms with E-state index >= 15 is 0 Å². The summed E-state index contributed by atoms with van der Waals surface area (Å²) in [6.45, 7) is 1.69. The van der Waals surface area contributed by atoms with Crippen molar-refractivity contribution in [3.8, 4) is 0 Å². The number of esters is 1. The lowest BCUT2D eigenvalue weighted by molar-refractivity contribution is -0.000354. The van der Waals surface area contributed by atoms with Gasteiger partial charge in [0.05, 0.1) is 12.1 Å². The van der Waals surface area contributed by atoms with E-state index in [9.17, 15) is 9.18 Å². The van der Waals surface area contributed by atoms with Gasteiger partial charge in [-0.3, -0.25) is 0 Å². The Kier molecular flexibility index (Phi) is 4.28. The van der Waals surface area contributed by atoms with Crippen LogP contribution in [0.15, 0.2) is 24.3 Å². The summed E-state index contributed by atoms with van der Waals surface area (Å²) in [7, 11) is 2.18. The first-order chi connectivity index (χ1) is 12.1. The van der Waals surface area contributed by atoms with Crippen molar-refractivity contribution >= 4 is 16.9 Å². The van der Waals surface area contributed by atoms with Gasteiger partial charge in [-0.1, -0.05) is 18.2 Å². The Hall–Kier alpha value is -1.88. The predicted molar refractivity (Wildman–Crippen MR) is 95.7 cm³/mol. The van der Waals surface area contributed by atoms with E-state index in [0.29, 0.717) is 17.6 Å². The van der Waals surface area contributed by atoms with Crippen LogP contribution < -0.4 is 0 Å². The molecule has 2 aromatic rings. The number of alkyl halides is 1. The van der Waals surface area contributed by atoms with E-state index < -0.39 is 6.67 Å². The van der Waals surface area contributed by atoms with E-state index in [4.69, 9.17) is 4.74 Å². The molecule has 0 radical (unpaired) electrons. The summed E-state index contributed by atoms with van der Waals surface area (Å²) in [5, 5.41) is 0.856. The fourth-order valence-corrected chi connectivity index (χ4v) is 4.73. The second kappa shape index (κ2) is 6.45. The molecule has 0 aliphatic carbocycles. The molecular weight excluding hydrogens is 319 g/mol. The van der Waals surface area contributed by atoms with E-state index in [0.717, 1.165) is 29.4 Å². The Morgan fingerprint density at radius 1 is 1.24 bits per heavy atom. The number of aryl methyl sites for hydroxylation is 1. The minimum atomic E-state index is -0.452. The van der Waals surface area contributed by atoms with E-state index in [1.54, 1.807) is 0 Å². The Morgan fingerprint density at radius 2 is 1.92 bits per heavy atom. The fourth-order valence-electron chi connectivity index (χ4n) is 4.73. The van der Waals surface area contributed by atoms with Crippen LogP contribution in [0.5, 0.6) is 0 Å². The molecule has 0 unspecified atom stereocenters. The van der Waals surface area contributed by atoms with Gasteiger partial charge in [0, 0.05) is 41.5 Å². The second-order valence-electron chi connectivity index (χ2n) is 7.37. The van der Waals surface area contributed by atoms with Crippen molar-refractivity contribution < 1.29 is 13.9 Å². The first-order valence-corrected chi connectivity index (χ1v) is 9.17. The number of halogens is 1. The highest BCUT2D eigenvalue weighted by molar-refractivity contribution is 6.06. The number of rotatable bonds is 4. The number of para-hydroxylation sites is 1. The first-order valence-electron chi connectivity index (χ1n) is 9.17. The molecule has 134 valence electrons. The molecule has 3 atom stereocenters. The van der Waals surface area contributed by atoms with Gasteiger partial charge >= 0.3 is 5.97 Å². The molecule has 2 aliphatic heterocycles. The summed E-state index contributed by atoms with van der Waals surface area (Å²) >= 11 is 0. The maximum Gasteiger partial charge on any atom is 0.340 e. The molecule has 1 aromatic carbocycles. The first kappa shape index (κ1) is 16.6. The highest BCUT2D eigenvalue weighted by atomic mass is 19.1. The molecule has 3 heterocycles. The van der Waals surface area contributed by atoms with Crippen LogP contribution in [0.3, 0.4) is 0 Å². The van der Waals surface area contributed by atoms with E-state index in [2.05, 4.69) is 11.9 Å². The molecule has 0 N–H and O–H groups in total. The summed E-state index contributed by atoms with van der Waals surface area (Å²) in [6.07, 6.45) is 4.22. The minimum Gasteiger partial charge on any atom is -0.459 e. The van der Waals surface area contributed by atoms with Crippen molar-refractivity contribution in [1.29, 1.82) is 0 Å². The highest BCUT2D eigenvalue weighted by Gasteiger charge is 2.40. The molecule has 2 fully saturated rings. The zero-order valence-electron chi connectivity index (χ0n) is 14.9. The van der Waals surface area contributed by atoms with Crippen LogP contribution in [0.2, 0.25) is 0 Å². The predicted octanol–water partition coefficient (Wildman–Crippen LogP) is 3.70.